The van der Waals surface area contributed by atoms with Gasteiger partial charge >= 0.3 is 5.97 Å². The van der Waals surface area contributed by atoms with Crippen molar-refractivity contribution in [2.45, 2.75) is 58.7 Å². The van der Waals surface area contributed by atoms with Crippen LogP contribution in [0, 0.1) is 17.3 Å². The number of hydrogen-bond donors (Lipinski definition) is 0. The minimum Gasteiger partial charge on any atom is -0.457 e. The molecule has 1 saturated heterocycles. The number of rotatable bonds is 2. The molecule has 0 radical (unpaired) electrons. The van der Waals surface area contributed by atoms with Crippen LogP contribution in [0.2, 0.25) is 0 Å². The standard InChI is InChI=1S/C18H24O3S/c1-10-4-5-13-11(8-10)9-14(22-13)17(19)21-16-12-6-7-20-15(12)18(16,2)3/h9-10,12,15-16H,4-8H2,1-3H3. The van der Waals surface area contributed by atoms with E-state index < -0.39 is 0 Å². The molecule has 4 heteroatoms. The van der Waals surface area contributed by atoms with Crippen molar-refractivity contribution < 1.29 is 14.3 Å². The van der Waals surface area contributed by atoms with Crippen LogP contribution < -0.4 is 0 Å². The third-order valence-corrected chi connectivity index (χ3v) is 6.97. The maximum atomic E-state index is 12.6. The Morgan fingerprint density at radius 1 is 1.41 bits per heavy atom. The van der Waals surface area contributed by atoms with Gasteiger partial charge in [-0.25, -0.2) is 4.79 Å². The lowest BCUT2D eigenvalue weighted by molar-refractivity contribution is -0.183. The van der Waals surface area contributed by atoms with Crippen LogP contribution in [0.25, 0.3) is 0 Å². The maximum absolute atomic E-state index is 12.6. The topological polar surface area (TPSA) is 35.5 Å². The molecule has 0 bridgehead atoms. The van der Waals surface area contributed by atoms with Crippen molar-refractivity contribution in [3.8, 4) is 0 Å². The average Bonchev–Trinajstić information content (AvgIpc) is 3.09. The monoisotopic (exact) mass is 320 g/mol. The van der Waals surface area contributed by atoms with Crippen LogP contribution in [0.3, 0.4) is 0 Å². The van der Waals surface area contributed by atoms with Crippen LogP contribution in [0.1, 0.15) is 53.7 Å². The Bertz CT molecular complexity index is 603. The van der Waals surface area contributed by atoms with Crippen LogP contribution in [-0.4, -0.2) is 24.8 Å². The molecule has 2 aliphatic carbocycles. The Labute approximate surface area is 136 Å². The molecule has 0 amide bonds. The van der Waals surface area contributed by atoms with Gasteiger partial charge in [0.05, 0.1) is 6.10 Å². The first-order valence-electron chi connectivity index (χ1n) is 8.41. The third-order valence-electron chi connectivity index (χ3n) is 5.76. The number of carbonyl (C=O) groups is 1. The zero-order valence-electron chi connectivity index (χ0n) is 13.6. The van der Waals surface area contributed by atoms with Crippen molar-refractivity contribution >= 4 is 17.3 Å². The summed E-state index contributed by atoms with van der Waals surface area (Å²) in [5.74, 6) is 0.997. The fraction of sp³-hybridized carbons (Fsp3) is 0.722. The fourth-order valence-corrected chi connectivity index (χ4v) is 5.59. The highest BCUT2D eigenvalue weighted by atomic mass is 32.1. The van der Waals surface area contributed by atoms with E-state index in [4.69, 9.17) is 9.47 Å². The number of aryl methyl sites for hydroxylation is 1. The molecule has 22 heavy (non-hydrogen) atoms. The fourth-order valence-electron chi connectivity index (χ4n) is 4.50. The second-order valence-electron chi connectivity index (χ2n) is 7.80. The first-order valence-corrected chi connectivity index (χ1v) is 9.22. The summed E-state index contributed by atoms with van der Waals surface area (Å²) in [6.45, 7) is 7.39. The normalized spacial score (nSPS) is 35.4. The lowest BCUT2D eigenvalue weighted by Gasteiger charge is -2.53. The van der Waals surface area contributed by atoms with E-state index in [9.17, 15) is 4.79 Å². The lowest BCUT2D eigenvalue weighted by atomic mass is 9.59. The molecule has 4 rings (SSSR count). The minimum absolute atomic E-state index is 0.00514. The van der Waals surface area contributed by atoms with Crippen molar-refractivity contribution in [3.63, 3.8) is 0 Å². The molecule has 4 atom stereocenters. The van der Waals surface area contributed by atoms with E-state index in [2.05, 4.69) is 26.8 Å². The third kappa shape index (κ3) is 2.15. The number of fused-ring (bicyclic) bond motifs is 2. The first kappa shape index (κ1) is 14.7. The highest BCUT2D eigenvalue weighted by Gasteiger charge is 2.61. The molecule has 3 nitrogen and oxygen atoms in total. The Balaban J connectivity index is 1.49. The Morgan fingerprint density at radius 2 is 2.23 bits per heavy atom. The van der Waals surface area contributed by atoms with Crippen LogP contribution in [0.5, 0.6) is 0 Å². The summed E-state index contributed by atoms with van der Waals surface area (Å²) in [7, 11) is 0. The zero-order chi connectivity index (χ0) is 15.5. The molecule has 4 unspecified atom stereocenters. The molecular formula is C18H24O3S. The number of carbonyl (C=O) groups excluding carboxylic acids is 1. The summed E-state index contributed by atoms with van der Waals surface area (Å²) in [4.78, 5) is 14.7. The van der Waals surface area contributed by atoms with Gasteiger partial charge in [-0.05, 0) is 43.2 Å². The second kappa shape index (κ2) is 5.07. The molecular weight excluding hydrogens is 296 g/mol. The van der Waals surface area contributed by atoms with Gasteiger partial charge in [0.2, 0.25) is 0 Å². The molecule has 2 heterocycles. The van der Waals surface area contributed by atoms with Gasteiger partial charge in [0.15, 0.2) is 0 Å². The highest BCUT2D eigenvalue weighted by molar-refractivity contribution is 7.14. The summed E-state index contributed by atoms with van der Waals surface area (Å²) in [6.07, 6.45) is 4.74. The van der Waals surface area contributed by atoms with E-state index in [0.717, 1.165) is 36.7 Å². The lowest BCUT2D eigenvalue weighted by Crippen LogP contribution is -2.61. The van der Waals surface area contributed by atoms with Gasteiger partial charge in [-0.15, -0.1) is 11.3 Å². The van der Waals surface area contributed by atoms with Crippen molar-refractivity contribution in [2.75, 3.05) is 6.61 Å². The van der Waals surface area contributed by atoms with Gasteiger partial charge in [-0.2, -0.15) is 0 Å². The van der Waals surface area contributed by atoms with Crippen LogP contribution in [-0.2, 0) is 22.3 Å². The Morgan fingerprint density at radius 3 is 3.05 bits per heavy atom. The van der Waals surface area contributed by atoms with Crippen LogP contribution in [0.15, 0.2) is 6.07 Å². The first-order chi connectivity index (χ1) is 10.5. The summed E-state index contributed by atoms with van der Waals surface area (Å²) in [6, 6.07) is 2.08. The van der Waals surface area contributed by atoms with Gasteiger partial charge in [-0.3, -0.25) is 0 Å². The van der Waals surface area contributed by atoms with Gasteiger partial charge < -0.3 is 9.47 Å². The van der Waals surface area contributed by atoms with E-state index in [0.29, 0.717) is 5.92 Å². The minimum atomic E-state index is -0.129. The van der Waals surface area contributed by atoms with Crippen molar-refractivity contribution in [2.24, 2.45) is 17.3 Å². The van der Waals surface area contributed by atoms with Gasteiger partial charge in [0, 0.05) is 22.8 Å². The molecule has 0 spiro atoms. The van der Waals surface area contributed by atoms with E-state index >= 15 is 0 Å². The van der Waals surface area contributed by atoms with E-state index in [1.807, 2.05) is 0 Å². The molecule has 1 aliphatic heterocycles. The number of ether oxygens (including phenoxy) is 2. The summed E-state index contributed by atoms with van der Waals surface area (Å²) in [5, 5.41) is 0. The Hall–Kier alpha value is -0.870. The van der Waals surface area contributed by atoms with Crippen molar-refractivity contribution in [3.05, 3.63) is 21.4 Å². The van der Waals surface area contributed by atoms with Crippen LogP contribution in [0.4, 0.5) is 0 Å². The molecule has 120 valence electrons. The zero-order valence-corrected chi connectivity index (χ0v) is 14.4. The van der Waals surface area contributed by atoms with Gasteiger partial charge in [0.25, 0.3) is 0 Å². The average molecular weight is 320 g/mol. The maximum Gasteiger partial charge on any atom is 0.348 e. The number of hydrogen-bond acceptors (Lipinski definition) is 4. The highest BCUT2D eigenvalue weighted by Crippen LogP contribution is 2.54. The summed E-state index contributed by atoms with van der Waals surface area (Å²) < 4.78 is 11.7. The molecule has 0 N–H and O–H groups in total. The van der Waals surface area contributed by atoms with E-state index in [1.54, 1.807) is 11.3 Å². The predicted molar refractivity (Wildman–Crippen MR) is 86.3 cm³/mol. The molecule has 1 aromatic heterocycles. The number of esters is 1. The van der Waals surface area contributed by atoms with Gasteiger partial charge in [0.1, 0.15) is 11.0 Å². The number of thiophene rings is 1. The second-order valence-corrected chi connectivity index (χ2v) is 8.93. The van der Waals surface area contributed by atoms with E-state index in [1.165, 1.54) is 16.9 Å². The molecule has 1 saturated carbocycles. The van der Waals surface area contributed by atoms with Gasteiger partial charge in [-0.1, -0.05) is 20.8 Å². The SMILES string of the molecule is CC1CCc2sc(C(=O)OC3C4CCOC4C3(C)C)cc2C1. The molecule has 3 aliphatic rings. The van der Waals surface area contributed by atoms with Crippen LogP contribution >= 0.6 is 11.3 Å². The smallest absolute Gasteiger partial charge is 0.348 e. The largest absolute Gasteiger partial charge is 0.457 e. The van der Waals surface area contributed by atoms with Crippen molar-refractivity contribution in [1.29, 1.82) is 0 Å². The Kier molecular flexibility index (Phi) is 3.39. The predicted octanol–water partition coefficient (Wildman–Crippen LogP) is 3.84. The summed E-state index contributed by atoms with van der Waals surface area (Å²) in [5.41, 5.74) is 1.31. The molecule has 1 aromatic rings. The van der Waals surface area contributed by atoms with E-state index in [-0.39, 0.29) is 23.6 Å². The molecule has 0 aromatic carbocycles. The quantitative estimate of drug-likeness (QED) is 0.777. The summed E-state index contributed by atoms with van der Waals surface area (Å²) >= 11 is 1.64. The molecule has 2 fully saturated rings. The van der Waals surface area contributed by atoms with Crippen molar-refractivity contribution in [1.82, 2.24) is 0 Å².